The van der Waals surface area contributed by atoms with Gasteiger partial charge in [-0.25, -0.2) is 0 Å². The topological polar surface area (TPSA) is 0 Å². The van der Waals surface area contributed by atoms with Crippen molar-refractivity contribution < 1.29 is 0 Å². The fourth-order valence-corrected chi connectivity index (χ4v) is 1.23. The third-order valence-electron chi connectivity index (χ3n) is 1.88. The van der Waals surface area contributed by atoms with E-state index in [1.807, 2.05) is 13.0 Å². The average molecular weight is 202 g/mol. The van der Waals surface area contributed by atoms with Crippen LogP contribution in [-0.4, -0.2) is 0 Å². The van der Waals surface area contributed by atoms with E-state index in [0.717, 1.165) is 0 Å². The Hall–Kier alpha value is -1.30. The highest BCUT2D eigenvalue weighted by atomic mass is 14.0. The van der Waals surface area contributed by atoms with Gasteiger partial charge in [-0.1, -0.05) is 68.8 Å². The molecule has 0 unspecified atom stereocenters. The number of allylic oxidation sites excluding steroid dienone is 3. The van der Waals surface area contributed by atoms with Crippen molar-refractivity contribution in [2.45, 2.75) is 34.1 Å². The SMILES string of the molecule is C=C/C(=C\C)c1cccc(C)c1.CCC. The van der Waals surface area contributed by atoms with Gasteiger partial charge in [-0.05, 0) is 25.0 Å². The summed E-state index contributed by atoms with van der Waals surface area (Å²) in [4.78, 5) is 0. The van der Waals surface area contributed by atoms with E-state index in [9.17, 15) is 0 Å². The third-order valence-corrected chi connectivity index (χ3v) is 1.88. The highest BCUT2D eigenvalue weighted by molar-refractivity contribution is 5.73. The van der Waals surface area contributed by atoms with Crippen LogP contribution in [0.1, 0.15) is 38.3 Å². The molecule has 0 aliphatic rings. The zero-order valence-electron chi connectivity index (χ0n) is 10.4. The molecule has 15 heavy (non-hydrogen) atoms. The van der Waals surface area contributed by atoms with Gasteiger partial charge in [0.15, 0.2) is 0 Å². The van der Waals surface area contributed by atoms with E-state index in [1.54, 1.807) is 0 Å². The zero-order chi connectivity index (χ0) is 11.7. The molecule has 0 spiro atoms. The summed E-state index contributed by atoms with van der Waals surface area (Å²) in [7, 11) is 0. The Labute approximate surface area is 94.3 Å². The summed E-state index contributed by atoms with van der Waals surface area (Å²) in [5.74, 6) is 0. The predicted octanol–water partition coefficient (Wildman–Crippen LogP) is 5.00. The van der Waals surface area contributed by atoms with Crippen molar-refractivity contribution in [1.82, 2.24) is 0 Å². The van der Waals surface area contributed by atoms with E-state index in [4.69, 9.17) is 0 Å². The van der Waals surface area contributed by atoms with E-state index in [-0.39, 0.29) is 0 Å². The second-order valence-electron chi connectivity index (χ2n) is 3.52. The Balaban J connectivity index is 0.000000583. The van der Waals surface area contributed by atoms with Gasteiger partial charge in [0.25, 0.3) is 0 Å². The van der Waals surface area contributed by atoms with Crippen LogP contribution < -0.4 is 0 Å². The van der Waals surface area contributed by atoms with Crippen molar-refractivity contribution in [3.05, 3.63) is 54.1 Å². The molecule has 82 valence electrons. The normalized spacial score (nSPS) is 10.3. The molecular formula is C15H22. The summed E-state index contributed by atoms with van der Waals surface area (Å²) in [6.45, 7) is 12.1. The van der Waals surface area contributed by atoms with E-state index >= 15 is 0 Å². The molecule has 0 fully saturated rings. The number of hydrogen-bond acceptors (Lipinski definition) is 0. The first-order valence-corrected chi connectivity index (χ1v) is 5.55. The molecule has 1 aromatic carbocycles. The molecule has 0 aliphatic carbocycles. The predicted molar refractivity (Wildman–Crippen MR) is 71.0 cm³/mol. The molecule has 0 aliphatic heterocycles. The Bertz CT molecular complexity index is 319. The first-order valence-electron chi connectivity index (χ1n) is 5.55. The van der Waals surface area contributed by atoms with Gasteiger partial charge in [0, 0.05) is 0 Å². The van der Waals surface area contributed by atoms with Crippen LogP contribution in [0.4, 0.5) is 0 Å². The fourth-order valence-electron chi connectivity index (χ4n) is 1.23. The van der Waals surface area contributed by atoms with E-state index in [1.165, 1.54) is 23.1 Å². The second kappa shape index (κ2) is 8.05. The molecule has 0 bridgehead atoms. The van der Waals surface area contributed by atoms with Crippen molar-refractivity contribution in [3.63, 3.8) is 0 Å². The summed E-state index contributed by atoms with van der Waals surface area (Å²) < 4.78 is 0. The Kier molecular flexibility index (Phi) is 7.35. The molecule has 0 aromatic heterocycles. The van der Waals surface area contributed by atoms with Gasteiger partial charge in [0.2, 0.25) is 0 Å². The minimum atomic E-state index is 1.19. The van der Waals surface area contributed by atoms with Gasteiger partial charge in [0.1, 0.15) is 0 Å². The van der Waals surface area contributed by atoms with Crippen LogP contribution in [0.15, 0.2) is 43.0 Å². The summed E-state index contributed by atoms with van der Waals surface area (Å²) >= 11 is 0. The lowest BCUT2D eigenvalue weighted by Gasteiger charge is -2.01. The molecule has 0 heterocycles. The molecule has 0 amide bonds. The molecule has 0 saturated carbocycles. The van der Waals surface area contributed by atoms with Crippen molar-refractivity contribution in [1.29, 1.82) is 0 Å². The number of benzene rings is 1. The summed E-state index contributed by atoms with van der Waals surface area (Å²) in [5.41, 5.74) is 3.72. The number of hydrogen-bond donors (Lipinski definition) is 0. The van der Waals surface area contributed by atoms with Gasteiger partial charge in [0.05, 0.1) is 0 Å². The molecule has 0 radical (unpaired) electrons. The quantitative estimate of drug-likeness (QED) is 0.592. The first kappa shape index (κ1) is 13.7. The van der Waals surface area contributed by atoms with Gasteiger partial charge < -0.3 is 0 Å². The molecule has 0 nitrogen and oxygen atoms in total. The maximum atomic E-state index is 3.77. The highest BCUT2D eigenvalue weighted by Crippen LogP contribution is 2.15. The average Bonchev–Trinajstić information content (AvgIpc) is 2.21. The molecule has 0 atom stereocenters. The Morgan fingerprint density at radius 2 is 1.93 bits per heavy atom. The van der Waals surface area contributed by atoms with Crippen LogP contribution >= 0.6 is 0 Å². The maximum Gasteiger partial charge on any atom is -0.0185 e. The lowest BCUT2D eigenvalue weighted by atomic mass is 10.0. The molecule has 1 aromatic rings. The van der Waals surface area contributed by atoms with Crippen LogP contribution in [0, 0.1) is 6.92 Å². The molecule has 0 N–H and O–H groups in total. The highest BCUT2D eigenvalue weighted by Gasteiger charge is 1.94. The van der Waals surface area contributed by atoms with E-state index in [2.05, 4.69) is 57.7 Å². The number of rotatable bonds is 2. The lowest BCUT2D eigenvalue weighted by Crippen LogP contribution is -1.80. The molecule has 1 rings (SSSR count). The van der Waals surface area contributed by atoms with Crippen molar-refractivity contribution >= 4 is 5.57 Å². The van der Waals surface area contributed by atoms with Gasteiger partial charge in [-0.2, -0.15) is 0 Å². The Morgan fingerprint density at radius 1 is 1.33 bits per heavy atom. The third kappa shape index (κ3) is 5.21. The molecular weight excluding hydrogens is 180 g/mol. The van der Waals surface area contributed by atoms with Crippen LogP contribution in [0.25, 0.3) is 5.57 Å². The van der Waals surface area contributed by atoms with Crippen LogP contribution in [-0.2, 0) is 0 Å². The lowest BCUT2D eigenvalue weighted by molar-refractivity contribution is 1.09. The summed E-state index contributed by atoms with van der Waals surface area (Å²) in [5, 5.41) is 0. The van der Waals surface area contributed by atoms with Crippen molar-refractivity contribution in [2.75, 3.05) is 0 Å². The van der Waals surface area contributed by atoms with Crippen LogP contribution in [0.5, 0.6) is 0 Å². The minimum Gasteiger partial charge on any atom is -0.0985 e. The van der Waals surface area contributed by atoms with Gasteiger partial charge in [-0.3, -0.25) is 0 Å². The number of aryl methyl sites for hydroxylation is 1. The smallest absolute Gasteiger partial charge is 0.0185 e. The minimum absolute atomic E-state index is 1.19. The van der Waals surface area contributed by atoms with Crippen LogP contribution in [0.3, 0.4) is 0 Å². The van der Waals surface area contributed by atoms with Gasteiger partial charge in [-0.15, -0.1) is 0 Å². The molecule has 0 heteroatoms. The summed E-state index contributed by atoms with van der Waals surface area (Å²) in [6, 6.07) is 8.43. The van der Waals surface area contributed by atoms with Crippen molar-refractivity contribution in [3.8, 4) is 0 Å². The van der Waals surface area contributed by atoms with Crippen LogP contribution in [0.2, 0.25) is 0 Å². The maximum absolute atomic E-state index is 3.77. The standard InChI is InChI=1S/C12H14.C3H8/c1-4-11(5-2)12-8-6-7-10(3)9-12;1-3-2/h4-9H,1H2,2-3H3;3H2,1-2H3/b11-5+;. The fraction of sp³-hybridized carbons (Fsp3) is 0.333. The Morgan fingerprint density at radius 3 is 2.33 bits per heavy atom. The van der Waals surface area contributed by atoms with E-state index < -0.39 is 0 Å². The van der Waals surface area contributed by atoms with Gasteiger partial charge >= 0.3 is 0 Å². The second-order valence-corrected chi connectivity index (χ2v) is 3.52. The largest absolute Gasteiger partial charge is 0.0985 e. The summed E-state index contributed by atoms with van der Waals surface area (Å²) in [6.07, 6.45) is 5.20. The van der Waals surface area contributed by atoms with E-state index in [0.29, 0.717) is 0 Å². The zero-order valence-corrected chi connectivity index (χ0v) is 10.4. The van der Waals surface area contributed by atoms with Crippen molar-refractivity contribution in [2.24, 2.45) is 0 Å². The molecule has 0 saturated heterocycles. The monoisotopic (exact) mass is 202 g/mol. The first-order chi connectivity index (χ1) is 7.19.